The molecule has 0 heterocycles. The van der Waals surface area contributed by atoms with Crippen LogP contribution in [0.15, 0.2) is 0 Å². The van der Waals surface area contributed by atoms with Crippen LogP contribution in [0, 0.1) is 34.5 Å². The molecule has 0 radical (unpaired) electrons. The third-order valence-corrected chi connectivity index (χ3v) is 9.48. The topological polar surface area (TPSA) is 112 Å². The summed E-state index contributed by atoms with van der Waals surface area (Å²) in [5.74, 6) is 0.301. The number of carbonyl (C=O) groups is 3. The fraction of sp³-hybridized carbons (Fsp3) is 0.875. The summed E-state index contributed by atoms with van der Waals surface area (Å²) in [5.41, 5.74) is -2.10. The fourth-order valence-corrected chi connectivity index (χ4v) is 9.33. The van der Waals surface area contributed by atoms with Gasteiger partial charge in [-0.1, -0.05) is 0 Å². The monoisotopic (exact) mass is 418 g/mol. The first kappa shape index (κ1) is 20.6. The predicted octanol–water partition coefficient (Wildman–Crippen LogP) is 2.88. The molecule has 0 spiro atoms. The number of hydrogen-bond acceptors (Lipinski definition) is 5. The molecule has 8 aliphatic carbocycles. The maximum atomic E-state index is 11.8. The Morgan fingerprint density at radius 2 is 1.03 bits per heavy atom. The highest BCUT2D eigenvalue weighted by atomic mass is 16.4. The molecule has 30 heavy (non-hydrogen) atoms. The molecule has 0 saturated heterocycles. The quantitative estimate of drug-likeness (QED) is 0.608. The number of aliphatic hydroxyl groups is 2. The van der Waals surface area contributed by atoms with Gasteiger partial charge in [-0.25, -0.2) is 4.79 Å². The Labute approximate surface area is 177 Å². The van der Waals surface area contributed by atoms with Gasteiger partial charge < -0.3 is 15.3 Å². The van der Waals surface area contributed by atoms with Crippen LogP contribution in [-0.2, 0) is 14.4 Å². The lowest BCUT2D eigenvalue weighted by Crippen LogP contribution is -2.59. The van der Waals surface area contributed by atoms with Crippen molar-refractivity contribution in [1.82, 2.24) is 0 Å². The Hall–Kier alpha value is -1.27. The lowest BCUT2D eigenvalue weighted by atomic mass is 9.47. The van der Waals surface area contributed by atoms with E-state index in [9.17, 15) is 24.6 Å². The Kier molecular flexibility index (Phi) is 4.39. The largest absolute Gasteiger partial charge is 0.475 e. The van der Waals surface area contributed by atoms with Gasteiger partial charge in [0.05, 0.1) is 11.2 Å². The molecule has 8 aliphatic rings. The summed E-state index contributed by atoms with van der Waals surface area (Å²) in [6.45, 7) is 1.72. The molecule has 0 aliphatic heterocycles. The van der Waals surface area contributed by atoms with Crippen LogP contribution in [-0.4, -0.2) is 44.1 Å². The Balaban J connectivity index is 0.000000130. The van der Waals surface area contributed by atoms with Crippen molar-refractivity contribution in [3.05, 3.63) is 0 Å². The van der Waals surface area contributed by atoms with Gasteiger partial charge in [-0.05, 0) is 108 Å². The number of carboxylic acids is 1. The molecule has 4 atom stereocenters. The molecule has 6 heteroatoms. The first-order chi connectivity index (χ1) is 13.9. The van der Waals surface area contributed by atoms with E-state index in [-0.39, 0.29) is 5.41 Å². The summed E-state index contributed by atoms with van der Waals surface area (Å²) in [6, 6.07) is 0. The van der Waals surface area contributed by atoms with Gasteiger partial charge in [-0.3, -0.25) is 9.59 Å². The molecular formula is C24H34O6. The second kappa shape index (κ2) is 6.38. The molecule has 166 valence electrons. The SMILES string of the molecule is CC(=O)C12CC3CC(CC(O)(C3)C1)C2.O=C(O)C(=O)C12CC3CC(CC(O)(C3)C1)C2. The van der Waals surface area contributed by atoms with E-state index in [0.717, 1.165) is 51.4 Å². The minimum Gasteiger partial charge on any atom is -0.475 e. The fourth-order valence-electron chi connectivity index (χ4n) is 9.33. The minimum atomic E-state index is -1.33. The summed E-state index contributed by atoms with van der Waals surface area (Å²) >= 11 is 0. The highest BCUT2D eigenvalue weighted by Gasteiger charge is 2.61. The summed E-state index contributed by atoms with van der Waals surface area (Å²) in [6.07, 6.45) is 10.4. The third-order valence-electron chi connectivity index (χ3n) is 9.48. The van der Waals surface area contributed by atoms with E-state index < -0.39 is 28.4 Å². The van der Waals surface area contributed by atoms with Gasteiger partial charge in [-0.15, -0.1) is 0 Å². The van der Waals surface area contributed by atoms with Crippen molar-refractivity contribution in [3.63, 3.8) is 0 Å². The van der Waals surface area contributed by atoms with Crippen LogP contribution in [0.25, 0.3) is 0 Å². The second-order valence-electron chi connectivity index (χ2n) is 12.1. The number of Topliss-reactive ketones (excluding diaryl/α,β-unsaturated/α-hetero) is 2. The molecule has 4 unspecified atom stereocenters. The van der Waals surface area contributed by atoms with Gasteiger partial charge in [0.1, 0.15) is 5.78 Å². The van der Waals surface area contributed by atoms with Crippen LogP contribution in [0.4, 0.5) is 0 Å². The molecule has 6 nitrogen and oxygen atoms in total. The molecule has 0 aromatic heterocycles. The molecule has 8 bridgehead atoms. The Morgan fingerprint density at radius 1 is 0.667 bits per heavy atom. The molecule has 0 aromatic carbocycles. The zero-order chi connectivity index (χ0) is 21.5. The Morgan fingerprint density at radius 3 is 1.37 bits per heavy atom. The predicted molar refractivity (Wildman–Crippen MR) is 107 cm³/mol. The van der Waals surface area contributed by atoms with Gasteiger partial charge in [0, 0.05) is 10.8 Å². The smallest absolute Gasteiger partial charge is 0.372 e. The minimum absolute atomic E-state index is 0.126. The number of carbonyl (C=O) groups excluding carboxylic acids is 2. The molecule has 0 aromatic rings. The Bertz CT molecular complexity index is 772. The maximum Gasteiger partial charge on any atom is 0.372 e. The van der Waals surface area contributed by atoms with E-state index in [0.29, 0.717) is 48.7 Å². The normalized spacial score (nSPS) is 52.0. The standard InChI is InChI=1S/C12H16O4.C12H18O2/c13-9(10(14)15)11-2-7-1-8(3-11)5-12(16,4-7)6-11;1-8(13)11-3-9-2-10(4-11)6-12(14,5-9)7-11/h7-8,16H,1-6H2,(H,14,15);9-10,14H,2-7H2,1H3. The van der Waals surface area contributed by atoms with Crippen molar-refractivity contribution in [2.75, 3.05) is 0 Å². The van der Waals surface area contributed by atoms with Gasteiger partial charge in [0.25, 0.3) is 0 Å². The number of hydrogen-bond donors (Lipinski definition) is 3. The molecule has 3 N–H and O–H groups in total. The number of aliphatic carboxylic acids is 1. The summed E-state index contributed by atoms with van der Waals surface area (Å²) < 4.78 is 0. The van der Waals surface area contributed by atoms with Crippen LogP contribution in [0.3, 0.4) is 0 Å². The highest BCUT2D eigenvalue weighted by molar-refractivity contribution is 6.35. The van der Waals surface area contributed by atoms with Crippen molar-refractivity contribution < 1.29 is 29.7 Å². The number of ketones is 2. The molecule has 8 fully saturated rings. The average molecular weight is 419 g/mol. The van der Waals surface area contributed by atoms with Crippen molar-refractivity contribution in [1.29, 1.82) is 0 Å². The van der Waals surface area contributed by atoms with Crippen LogP contribution >= 0.6 is 0 Å². The van der Waals surface area contributed by atoms with Crippen LogP contribution in [0.5, 0.6) is 0 Å². The van der Waals surface area contributed by atoms with Crippen molar-refractivity contribution >= 4 is 17.5 Å². The van der Waals surface area contributed by atoms with Gasteiger partial charge in [-0.2, -0.15) is 0 Å². The number of rotatable bonds is 3. The number of carboxylic acid groups (broad SMARTS) is 1. The van der Waals surface area contributed by atoms with Crippen LogP contribution in [0.2, 0.25) is 0 Å². The maximum absolute atomic E-state index is 11.8. The first-order valence-electron chi connectivity index (χ1n) is 11.7. The summed E-state index contributed by atoms with van der Waals surface area (Å²) in [5, 5.41) is 29.6. The molecular weight excluding hydrogens is 384 g/mol. The zero-order valence-corrected chi connectivity index (χ0v) is 17.9. The van der Waals surface area contributed by atoms with Gasteiger partial charge in [0.15, 0.2) is 0 Å². The molecule has 8 saturated carbocycles. The van der Waals surface area contributed by atoms with Crippen molar-refractivity contribution in [3.8, 4) is 0 Å². The van der Waals surface area contributed by atoms with E-state index in [1.807, 2.05) is 0 Å². The van der Waals surface area contributed by atoms with Crippen molar-refractivity contribution in [2.24, 2.45) is 34.5 Å². The summed E-state index contributed by atoms with van der Waals surface area (Å²) in [4.78, 5) is 34.4. The van der Waals surface area contributed by atoms with Crippen LogP contribution in [0.1, 0.15) is 84.0 Å². The summed E-state index contributed by atoms with van der Waals surface area (Å²) in [7, 11) is 0. The van der Waals surface area contributed by atoms with E-state index >= 15 is 0 Å². The zero-order valence-electron chi connectivity index (χ0n) is 17.9. The highest BCUT2D eigenvalue weighted by Crippen LogP contribution is 2.63. The average Bonchev–Trinajstić information content (AvgIpc) is 2.57. The second-order valence-corrected chi connectivity index (χ2v) is 12.1. The third kappa shape index (κ3) is 3.17. The lowest BCUT2D eigenvalue weighted by molar-refractivity contribution is -0.182. The van der Waals surface area contributed by atoms with Crippen molar-refractivity contribution in [2.45, 2.75) is 95.2 Å². The lowest BCUT2D eigenvalue weighted by Gasteiger charge is -2.59. The molecule has 0 amide bonds. The van der Waals surface area contributed by atoms with E-state index in [1.165, 1.54) is 6.42 Å². The first-order valence-corrected chi connectivity index (χ1v) is 11.7. The van der Waals surface area contributed by atoms with E-state index in [2.05, 4.69) is 0 Å². The van der Waals surface area contributed by atoms with Gasteiger partial charge in [0.2, 0.25) is 5.78 Å². The van der Waals surface area contributed by atoms with Gasteiger partial charge >= 0.3 is 5.97 Å². The van der Waals surface area contributed by atoms with E-state index in [4.69, 9.17) is 5.11 Å². The molecule has 8 rings (SSSR count). The van der Waals surface area contributed by atoms with E-state index in [1.54, 1.807) is 6.92 Å². The van der Waals surface area contributed by atoms with Crippen LogP contribution < -0.4 is 0 Å².